The topological polar surface area (TPSA) is 55.8 Å². The second-order valence-corrected chi connectivity index (χ2v) is 5.93. The summed E-state index contributed by atoms with van der Waals surface area (Å²) in [6.07, 6.45) is 2.98. The Morgan fingerprint density at radius 2 is 2.00 bits per heavy atom. The Morgan fingerprint density at radius 1 is 1.22 bits per heavy atom. The Hall–Kier alpha value is -1.82. The number of likely N-dealkylation sites (N-methyl/N-ethyl adjacent to an activating group) is 1. The maximum Gasteiger partial charge on any atom is 0.191 e. The molecule has 0 aliphatic carbocycles. The van der Waals surface area contributed by atoms with Crippen molar-refractivity contribution in [2.45, 2.75) is 26.8 Å². The summed E-state index contributed by atoms with van der Waals surface area (Å²) in [7, 11) is 2.17. The molecule has 1 fully saturated rings. The summed E-state index contributed by atoms with van der Waals surface area (Å²) in [6, 6.07) is 4.21. The quantitative estimate of drug-likeness (QED) is 0.612. The number of pyridine rings is 1. The van der Waals surface area contributed by atoms with Gasteiger partial charge < -0.3 is 20.4 Å². The SMILES string of the molecule is CCCNC(=NCc1ccnc(N2CCN(C)CC2)c1)NCC. The molecule has 23 heavy (non-hydrogen) atoms. The van der Waals surface area contributed by atoms with Crippen molar-refractivity contribution in [2.24, 2.45) is 4.99 Å². The van der Waals surface area contributed by atoms with Gasteiger partial charge in [-0.3, -0.25) is 0 Å². The van der Waals surface area contributed by atoms with Crippen molar-refractivity contribution in [1.82, 2.24) is 20.5 Å². The standard InChI is InChI=1S/C17H30N6/c1-4-7-20-17(18-5-2)21-14-15-6-8-19-16(13-15)23-11-9-22(3)10-12-23/h6,8,13H,4-5,7,9-12,14H2,1-3H3,(H2,18,20,21). The van der Waals surface area contributed by atoms with Crippen LogP contribution in [0, 0.1) is 0 Å². The molecule has 1 aromatic heterocycles. The van der Waals surface area contributed by atoms with Gasteiger partial charge in [0, 0.05) is 45.5 Å². The molecule has 0 atom stereocenters. The van der Waals surface area contributed by atoms with Crippen molar-refractivity contribution in [1.29, 1.82) is 0 Å². The van der Waals surface area contributed by atoms with E-state index in [4.69, 9.17) is 0 Å². The molecule has 2 heterocycles. The van der Waals surface area contributed by atoms with Crippen molar-refractivity contribution in [3.8, 4) is 0 Å². The molecule has 6 nitrogen and oxygen atoms in total. The molecular formula is C17H30N6. The van der Waals surface area contributed by atoms with E-state index in [0.717, 1.165) is 57.5 Å². The average Bonchev–Trinajstić information content (AvgIpc) is 2.58. The summed E-state index contributed by atoms with van der Waals surface area (Å²) in [6.45, 7) is 11.0. The van der Waals surface area contributed by atoms with E-state index in [0.29, 0.717) is 6.54 Å². The zero-order valence-corrected chi connectivity index (χ0v) is 14.7. The minimum Gasteiger partial charge on any atom is -0.357 e. The molecule has 1 aliphatic heterocycles. The van der Waals surface area contributed by atoms with Crippen LogP contribution in [0.5, 0.6) is 0 Å². The fourth-order valence-electron chi connectivity index (χ4n) is 2.52. The van der Waals surface area contributed by atoms with Gasteiger partial charge >= 0.3 is 0 Å². The number of guanidine groups is 1. The summed E-state index contributed by atoms with van der Waals surface area (Å²) < 4.78 is 0. The smallest absolute Gasteiger partial charge is 0.191 e. The molecule has 6 heteroatoms. The van der Waals surface area contributed by atoms with E-state index in [1.807, 2.05) is 12.3 Å². The third-order valence-corrected chi connectivity index (χ3v) is 3.94. The van der Waals surface area contributed by atoms with Crippen LogP contribution in [-0.4, -0.2) is 62.2 Å². The largest absolute Gasteiger partial charge is 0.357 e. The molecule has 2 N–H and O–H groups in total. The van der Waals surface area contributed by atoms with Crippen molar-refractivity contribution in [3.05, 3.63) is 23.9 Å². The van der Waals surface area contributed by atoms with Crippen LogP contribution in [0.15, 0.2) is 23.3 Å². The van der Waals surface area contributed by atoms with Crippen molar-refractivity contribution < 1.29 is 0 Å². The summed E-state index contributed by atoms with van der Waals surface area (Å²) in [5.74, 6) is 1.95. The van der Waals surface area contributed by atoms with Gasteiger partial charge in [-0.2, -0.15) is 0 Å². The Morgan fingerprint density at radius 3 is 2.70 bits per heavy atom. The van der Waals surface area contributed by atoms with Crippen LogP contribution in [0.25, 0.3) is 0 Å². The Balaban J connectivity index is 1.98. The van der Waals surface area contributed by atoms with E-state index in [9.17, 15) is 0 Å². The highest BCUT2D eigenvalue weighted by atomic mass is 15.3. The Labute approximate surface area is 140 Å². The van der Waals surface area contributed by atoms with Gasteiger partial charge in [-0.15, -0.1) is 0 Å². The van der Waals surface area contributed by atoms with Gasteiger partial charge in [-0.1, -0.05) is 6.92 Å². The molecule has 0 spiro atoms. The van der Waals surface area contributed by atoms with E-state index in [1.54, 1.807) is 0 Å². The normalized spacial score (nSPS) is 16.5. The van der Waals surface area contributed by atoms with Crippen LogP contribution in [0.2, 0.25) is 0 Å². The van der Waals surface area contributed by atoms with Crippen LogP contribution < -0.4 is 15.5 Å². The minimum atomic E-state index is 0.669. The molecule has 1 aliphatic rings. The Bertz CT molecular complexity index is 494. The molecule has 1 aromatic rings. The van der Waals surface area contributed by atoms with Crippen molar-refractivity contribution in [2.75, 3.05) is 51.2 Å². The zero-order valence-electron chi connectivity index (χ0n) is 14.7. The molecule has 0 amide bonds. The van der Waals surface area contributed by atoms with Gasteiger partial charge in [0.05, 0.1) is 6.54 Å². The van der Waals surface area contributed by atoms with E-state index < -0.39 is 0 Å². The zero-order chi connectivity index (χ0) is 16.5. The predicted octanol–water partition coefficient (Wildman–Crippen LogP) is 1.30. The van der Waals surface area contributed by atoms with Gasteiger partial charge in [-0.05, 0) is 38.1 Å². The van der Waals surface area contributed by atoms with Crippen molar-refractivity contribution >= 4 is 11.8 Å². The number of nitrogens with zero attached hydrogens (tertiary/aromatic N) is 4. The van der Waals surface area contributed by atoms with Gasteiger partial charge in [0.1, 0.15) is 5.82 Å². The van der Waals surface area contributed by atoms with Gasteiger partial charge in [-0.25, -0.2) is 9.98 Å². The number of hydrogen-bond acceptors (Lipinski definition) is 4. The third kappa shape index (κ3) is 5.71. The Kier molecular flexibility index (Phi) is 7.13. The molecule has 0 bridgehead atoms. The first-order valence-electron chi connectivity index (χ1n) is 8.63. The highest BCUT2D eigenvalue weighted by Gasteiger charge is 2.15. The summed E-state index contributed by atoms with van der Waals surface area (Å²) >= 11 is 0. The summed E-state index contributed by atoms with van der Waals surface area (Å²) in [5.41, 5.74) is 1.20. The predicted molar refractivity (Wildman–Crippen MR) is 97.1 cm³/mol. The first kappa shape index (κ1) is 17.5. The number of aliphatic imine (C=N–C) groups is 1. The van der Waals surface area contributed by atoms with Crippen LogP contribution in [0.4, 0.5) is 5.82 Å². The molecule has 1 saturated heterocycles. The van der Waals surface area contributed by atoms with Gasteiger partial charge in [0.2, 0.25) is 0 Å². The monoisotopic (exact) mass is 318 g/mol. The maximum atomic E-state index is 4.66. The fraction of sp³-hybridized carbons (Fsp3) is 0.647. The van der Waals surface area contributed by atoms with E-state index >= 15 is 0 Å². The number of rotatable bonds is 6. The number of hydrogen-bond donors (Lipinski definition) is 2. The van der Waals surface area contributed by atoms with E-state index in [1.165, 1.54) is 5.56 Å². The second kappa shape index (κ2) is 9.35. The lowest BCUT2D eigenvalue weighted by molar-refractivity contribution is 0.312. The van der Waals surface area contributed by atoms with Crippen molar-refractivity contribution in [3.63, 3.8) is 0 Å². The van der Waals surface area contributed by atoms with E-state index in [2.05, 4.69) is 57.4 Å². The lowest BCUT2D eigenvalue weighted by Crippen LogP contribution is -2.44. The molecule has 0 unspecified atom stereocenters. The van der Waals surface area contributed by atoms with Crippen LogP contribution in [-0.2, 0) is 6.54 Å². The van der Waals surface area contributed by atoms with Crippen LogP contribution in [0.3, 0.4) is 0 Å². The van der Waals surface area contributed by atoms with Crippen LogP contribution >= 0.6 is 0 Å². The maximum absolute atomic E-state index is 4.66. The molecule has 0 radical (unpaired) electrons. The van der Waals surface area contributed by atoms with Crippen LogP contribution in [0.1, 0.15) is 25.8 Å². The lowest BCUT2D eigenvalue weighted by atomic mass is 10.2. The summed E-state index contributed by atoms with van der Waals surface area (Å²) in [4.78, 5) is 13.9. The third-order valence-electron chi connectivity index (χ3n) is 3.94. The number of nitrogens with one attached hydrogen (secondary N) is 2. The molecule has 0 aromatic carbocycles. The first-order valence-corrected chi connectivity index (χ1v) is 8.63. The molecular weight excluding hydrogens is 288 g/mol. The minimum absolute atomic E-state index is 0.669. The second-order valence-electron chi connectivity index (χ2n) is 5.93. The number of anilines is 1. The molecule has 2 rings (SSSR count). The molecule has 128 valence electrons. The number of piperazine rings is 1. The summed E-state index contributed by atoms with van der Waals surface area (Å²) in [5, 5.41) is 6.61. The highest BCUT2D eigenvalue weighted by Crippen LogP contribution is 2.15. The van der Waals surface area contributed by atoms with E-state index in [-0.39, 0.29) is 0 Å². The van der Waals surface area contributed by atoms with Gasteiger partial charge in [0.15, 0.2) is 5.96 Å². The first-order chi connectivity index (χ1) is 11.2. The lowest BCUT2D eigenvalue weighted by Gasteiger charge is -2.33. The van der Waals surface area contributed by atoms with Gasteiger partial charge in [0.25, 0.3) is 0 Å². The molecule has 0 saturated carbocycles. The average molecular weight is 318 g/mol. The highest BCUT2D eigenvalue weighted by molar-refractivity contribution is 5.79. The number of aromatic nitrogens is 1. The fourth-order valence-corrected chi connectivity index (χ4v) is 2.52.